The zero-order valence-corrected chi connectivity index (χ0v) is 13.6. The van der Waals surface area contributed by atoms with E-state index in [1.165, 1.54) is 12.8 Å². The van der Waals surface area contributed by atoms with E-state index in [0.29, 0.717) is 23.2 Å². The first-order valence-electron chi connectivity index (χ1n) is 6.13. The van der Waals surface area contributed by atoms with E-state index in [1.807, 2.05) is 0 Å². The van der Waals surface area contributed by atoms with Crippen LogP contribution in [0.1, 0.15) is 29.6 Å². The Bertz CT molecular complexity index is 437. The Labute approximate surface area is 133 Å². The molecule has 0 saturated carbocycles. The molecule has 0 aromatic heterocycles. The fourth-order valence-corrected chi connectivity index (χ4v) is 2.99. The molecule has 1 heterocycles. The third-order valence-corrected chi connectivity index (χ3v) is 4.01. The van der Waals surface area contributed by atoms with Gasteiger partial charge in [0.15, 0.2) is 0 Å². The molecule has 1 saturated heterocycles. The highest BCUT2D eigenvalue weighted by Gasteiger charge is 2.14. The fraction of sp³-hybridized carbons (Fsp3) is 0.462. The number of rotatable bonds is 4. The lowest BCUT2D eigenvalue weighted by atomic mass is 10.1. The van der Waals surface area contributed by atoms with Gasteiger partial charge in [0.1, 0.15) is 0 Å². The van der Waals surface area contributed by atoms with E-state index in [1.54, 1.807) is 18.2 Å². The maximum atomic E-state index is 11.9. The Hall–Kier alpha value is -0.290. The van der Waals surface area contributed by atoms with Gasteiger partial charge >= 0.3 is 0 Å². The number of carbonyl (C=O) groups is 1. The summed E-state index contributed by atoms with van der Waals surface area (Å²) in [4.78, 5) is 11.9. The summed E-state index contributed by atoms with van der Waals surface area (Å²) in [6.45, 7) is 1.80. The van der Waals surface area contributed by atoms with Gasteiger partial charge in [-0.2, -0.15) is 0 Å². The van der Waals surface area contributed by atoms with Gasteiger partial charge in [-0.25, -0.2) is 0 Å². The second-order valence-electron chi connectivity index (χ2n) is 4.46. The first-order chi connectivity index (χ1) is 8.66. The maximum absolute atomic E-state index is 11.9. The monoisotopic (exact) mass is 366 g/mol. The van der Waals surface area contributed by atoms with Gasteiger partial charge < -0.3 is 10.6 Å². The third kappa shape index (κ3) is 4.95. The molecule has 1 atom stereocenters. The van der Waals surface area contributed by atoms with Crippen molar-refractivity contribution in [2.75, 3.05) is 13.1 Å². The first-order valence-corrected chi connectivity index (χ1v) is 7.30. The molecule has 0 spiro atoms. The minimum atomic E-state index is -0.0588. The van der Waals surface area contributed by atoms with E-state index in [2.05, 4.69) is 26.6 Å². The van der Waals surface area contributed by atoms with Crippen LogP contribution in [0.25, 0.3) is 0 Å². The van der Waals surface area contributed by atoms with Crippen LogP contribution in [0.15, 0.2) is 22.7 Å². The molecule has 0 radical (unpaired) electrons. The SMILES string of the molecule is Cl.O=C(NCC[C@H]1CCCN1)c1ccc(Cl)cc1Br. The topological polar surface area (TPSA) is 41.1 Å². The quantitative estimate of drug-likeness (QED) is 0.856. The third-order valence-electron chi connectivity index (χ3n) is 3.12. The van der Waals surface area contributed by atoms with Crippen molar-refractivity contribution in [1.29, 1.82) is 0 Å². The van der Waals surface area contributed by atoms with Crippen molar-refractivity contribution < 1.29 is 4.79 Å². The summed E-state index contributed by atoms with van der Waals surface area (Å²) in [5.74, 6) is -0.0588. The molecule has 0 aliphatic carbocycles. The number of amides is 1. The number of hydrogen-bond acceptors (Lipinski definition) is 2. The Morgan fingerprint density at radius 1 is 1.53 bits per heavy atom. The van der Waals surface area contributed by atoms with Crippen molar-refractivity contribution in [3.8, 4) is 0 Å². The Balaban J connectivity index is 0.00000180. The molecule has 2 rings (SSSR count). The summed E-state index contributed by atoms with van der Waals surface area (Å²) in [7, 11) is 0. The molecule has 3 nitrogen and oxygen atoms in total. The number of carbonyl (C=O) groups excluding carboxylic acids is 1. The molecule has 0 unspecified atom stereocenters. The standard InChI is InChI=1S/C13H16BrClN2O.ClH/c14-12-8-9(15)3-4-11(12)13(18)17-7-5-10-2-1-6-16-10;/h3-4,8,10,16H,1-2,5-7H2,(H,17,18);1H/t10-;/m1./s1. The fourth-order valence-electron chi connectivity index (χ4n) is 2.13. The molecule has 106 valence electrons. The molecule has 1 aromatic rings. The molecular formula is C13H17BrCl2N2O. The van der Waals surface area contributed by atoms with Crippen LogP contribution >= 0.6 is 39.9 Å². The number of hydrogen-bond donors (Lipinski definition) is 2. The summed E-state index contributed by atoms with van der Waals surface area (Å²) in [5.41, 5.74) is 0.624. The van der Waals surface area contributed by atoms with Crippen LogP contribution in [0.2, 0.25) is 5.02 Å². The van der Waals surface area contributed by atoms with Crippen molar-refractivity contribution in [2.24, 2.45) is 0 Å². The van der Waals surface area contributed by atoms with Crippen LogP contribution in [0.3, 0.4) is 0 Å². The van der Waals surface area contributed by atoms with E-state index in [-0.39, 0.29) is 18.3 Å². The summed E-state index contributed by atoms with van der Waals surface area (Å²) >= 11 is 9.19. The molecule has 0 bridgehead atoms. The second-order valence-corrected chi connectivity index (χ2v) is 5.75. The number of halogens is 3. The lowest BCUT2D eigenvalue weighted by molar-refractivity contribution is 0.0951. The van der Waals surface area contributed by atoms with Gasteiger partial charge in [-0.15, -0.1) is 12.4 Å². The normalized spacial score (nSPS) is 17.9. The van der Waals surface area contributed by atoms with Crippen LogP contribution in [0, 0.1) is 0 Å². The average Bonchev–Trinajstić information content (AvgIpc) is 2.81. The molecule has 6 heteroatoms. The highest BCUT2D eigenvalue weighted by atomic mass is 79.9. The highest BCUT2D eigenvalue weighted by Crippen LogP contribution is 2.21. The van der Waals surface area contributed by atoms with E-state index in [9.17, 15) is 4.79 Å². The Morgan fingerprint density at radius 3 is 2.95 bits per heavy atom. The number of nitrogens with one attached hydrogen (secondary N) is 2. The molecule has 1 fully saturated rings. The van der Waals surface area contributed by atoms with Crippen molar-refractivity contribution in [2.45, 2.75) is 25.3 Å². The molecule has 1 aromatic carbocycles. The van der Waals surface area contributed by atoms with Gasteiger partial charge in [-0.3, -0.25) is 4.79 Å². The zero-order valence-electron chi connectivity index (χ0n) is 10.4. The van der Waals surface area contributed by atoms with Crippen LogP contribution in [0.4, 0.5) is 0 Å². The smallest absolute Gasteiger partial charge is 0.252 e. The molecule has 19 heavy (non-hydrogen) atoms. The van der Waals surface area contributed by atoms with Gasteiger partial charge in [0.05, 0.1) is 5.56 Å². The van der Waals surface area contributed by atoms with E-state index in [4.69, 9.17) is 11.6 Å². The number of benzene rings is 1. The average molecular weight is 368 g/mol. The van der Waals surface area contributed by atoms with Crippen molar-refractivity contribution in [1.82, 2.24) is 10.6 Å². The van der Waals surface area contributed by atoms with Crippen LogP contribution in [-0.4, -0.2) is 25.0 Å². The van der Waals surface area contributed by atoms with Crippen LogP contribution in [-0.2, 0) is 0 Å². The summed E-state index contributed by atoms with van der Waals surface area (Å²) in [6.07, 6.45) is 3.43. The molecule has 1 aliphatic rings. The van der Waals surface area contributed by atoms with Crippen molar-refractivity contribution >= 4 is 45.8 Å². The largest absolute Gasteiger partial charge is 0.352 e. The minimum Gasteiger partial charge on any atom is -0.352 e. The van der Waals surface area contributed by atoms with Gasteiger partial charge in [-0.1, -0.05) is 11.6 Å². The lowest BCUT2D eigenvalue weighted by Crippen LogP contribution is -2.30. The first kappa shape index (κ1) is 16.8. The van der Waals surface area contributed by atoms with E-state index >= 15 is 0 Å². The minimum absolute atomic E-state index is 0. The Morgan fingerprint density at radius 2 is 2.32 bits per heavy atom. The van der Waals surface area contributed by atoms with Gasteiger partial charge in [0.25, 0.3) is 5.91 Å². The highest BCUT2D eigenvalue weighted by molar-refractivity contribution is 9.10. The van der Waals surface area contributed by atoms with Crippen molar-refractivity contribution in [3.63, 3.8) is 0 Å². The molecule has 2 N–H and O–H groups in total. The predicted molar refractivity (Wildman–Crippen MR) is 84.4 cm³/mol. The van der Waals surface area contributed by atoms with Crippen LogP contribution < -0.4 is 10.6 Å². The van der Waals surface area contributed by atoms with Crippen molar-refractivity contribution in [3.05, 3.63) is 33.3 Å². The predicted octanol–water partition coefficient (Wildman–Crippen LogP) is 3.40. The Kier molecular flexibility index (Phi) is 7.15. The summed E-state index contributed by atoms with van der Waals surface area (Å²) in [5, 5.41) is 6.96. The second kappa shape index (κ2) is 8.10. The van der Waals surface area contributed by atoms with Gasteiger partial charge in [0, 0.05) is 22.1 Å². The van der Waals surface area contributed by atoms with Gasteiger partial charge in [-0.05, 0) is 59.9 Å². The van der Waals surface area contributed by atoms with Crippen LogP contribution in [0.5, 0.6) is 0 Å². The molecular weight excluding hydrogens is 351 g/mol. The zero-order chi connectivity index (χ0) is 13.0. The summed E-state index contributed by atoms with van der Waals surface area (Å²) < 4.78 is 0.728. The van der Waals surface area contributed by atoms with Gasteiger partial charge in [0.2, 0.25) is 0 Å². The molecule has 1 amide bonds. The van der Waals surface area contributed by atoms with E-state index < -0.39 is 0 Å². The molecule has 1 aliphatic heterocycles. The summed E-state index contributed by atoms with van der Waals surface area (Å²) in [6, 6.07) is 5.74. The van der Waals surface area contributed by atoms with E-state index in [0.717, 1.165) is 17.4 Å². The maximum Gasteiger partial charge on any atom is 0.252 e. The lowest BCUT2D eigenvalue weighted by Gasteiger charge is -2.11.